The second kappa shape index (κ2) is 3.47. The zero-order valence-electron chi connectivity index (χ0n) is 7.96. The van der Waals surface area contributed by atoms with Crippen LogP contribution in [0.1, 0.15) is 19.3 Å². The van der Waals surface area contributed by atoms with Gasteiger partial charge in [0.25, 0.3) is 0 Å². The first-order chi connectivity index (χ1) is 6.49. The molecular formula is C9H16O4S. The summed E-state index contributed by atoms with van der Waals surface area (Å²) < 4.78 is 22.5. The quantitative estimate of drug-likeness (QED) is 0.644. The molecule has 1 aliphatic carbocycles. The highest BCUT2D eigenvalue weighted by atomic mass is 32.2. The Kier molecular flexibility index (Phi) is 2.57. The summed E-state index contributed by atoms with van der Waals surface area (Å²) in [6, 6.07) is 0. The van der Waals surface area contributed by atoms with Gasteiger partial charge in [0.05, 0.1) is 11.5 Å². The third kappa shape index (κ3) is 2.10. The molecule has 2 N–H and O–H groups in total. The van der Waals surface area contributed by atoms with E-state index in [-0.39, 0.29) is 23.3 Å². The summed E-state index contributed by atoms with van der Waals surface area (Å²) in [5.74, 6) is 0.451. The van der Waals surface area contributed by atoms with Crippen molar-refractivity contribution in [2.24, 2.45) is 17.8 Å². The molecule has 0 bridgehead atoms. The van der Waals surface area contributed by atoms with Gasteiger partial charge in [-0.25, -0.2) is 8.42 Å². The predicted molar refractivity (Wildman–Crippen MR) is 51.2 cm³/mol. The largest absolute Gasteiger partial charge is 0.368 e. The molecule has 0 aromatic rings. The van der Waals surface area contributed by atoms with Crippen LogP contribution in [0.3, 0.4) is 0 Å². The number of hydrogen-bond donors (Lipinski definition) is 2. The molecule has 4 nitrogen and oxygen atoms in total. The van der Waals surface area contributed by atoms with Crippen LogP contribution in [-0.4, -0.2) is 36.4 Å². The maximum atomic E-state index is 11.2. The molecule has 0 amide bonds. The summed E-state index contributed by atoms with van der Waals surface area (Å²) in [6.45, 7) is 0. The molecule has 2 fully saturated rings. The SMILES string of the molecule is O=S1(=O)CCC(C(C(O)O)C2CC2)C1. The lowest BCUT2D eigenvalue weighted by atomic mass is 9.87. The minimum Gasteiger partial charge on any atom is -0.368 e. The molecule has 5 heteroatoms. The minimum atomic E-state index is -2.90. The number of sulfone groups is 1. The van der Waals surface area contributed by atoms with Crippen molar-refractivity contribution in [2.45, 2.75) is 25.6 Å². The van der Waals surface area contributed by atoms with Crippen molar-refractivity contribution in [3.05, 3.63) is 0 Å². The van der Waals surface area contributed by atoms with Crippen molar-refractivity contribution in [1.29, 1.82) is 0 Å². The van der Waals surface area contributed by atoms with E-state index in [1.807, 2.05) is 0 Å². The van der Waals surface area contributed by atoms with E-state index in [1.165, 1.54) is 0 Å². The predicted octanol–water partition coefficient (Wildman–Crippen LogP) is -0.242. The standard InChI is InChI=1S/C9H16O4S/c10-9(11)8(6-1-2-6)7-3-4-14(12,13)5-7/h6-11H,1-5H2. The van der Waals surface area contributed by atoms with Crippen molar-refractivity contribution in [3.8, 4) is 0 Å². The van der Waals surface area contributed by atoms with E-state index in [0.29, 0.717) is 12.3 Å². The second-order valence-corrected chi connectivity index (χ2v) is 6.72. The molecule has 1 heterocycles. The Morgan fingerprint density at radius 1 is 1.07 bits per heavy atom. The molecule has 2 rings (SSSR count). The second-order valence-electron chi connectivity index (χ2n) is 4.49. The summed E-state index contributed by atoms with van der Waals surface area (Å²) in [5.41, 5.74) is 0. The summed E-state index contributed by atoms with van der Waals surface area (Å²) in [7, 11) is -2.90. The lowest BCUT2D eigenvalue weighted by Gasteiger charge is -2.23. The normalized spacial score (nSPS) is 33.5. The van der Waals surface area contributed by atoms with E-state index in [2.05, 4.69) is 0 Å². The van der Waals surface area contributed by atoms with Gasteiger partial charge >= 0.3 is 0 Å². The molecule has 0 aromatic heterocycles. The average Bonchev–Trinajstić information content (AvgIpc) is 2.78. The van der Waals surface area contributed by atoms with Crippen LogP contribution in [0.15, 0.2) is 0 Å². The van der Waals surface area contributed by atoms with Crippen molar-refractivity contribution in [3.63, 3.8) is 0 Å². The molecule has 82 valence electrons. The van der Waals surface area contributed by atoms with E-state index in [4.69, 9.17) is 0 Å². The van der Waals surface area contributed by atoms with Crippen LogP contribution in [0.2, 0.25) is 0 Å². The third-order valence-electron chi connectivity index (χ3n) is 3.32. The Bertz CT molecular complexity index is 303. The fraction of sp³-hybridized carbons (Fsp3) is 1.00. The van der Waals surface area contributed by atoms with E-state index in [9.17, 15) is 18.6 Å². The van der Waals surface area contributed by atoms with Gasteiger partial charge in [-0.3, -0.25) is 0 Å². The first-order valence-corrected chi connectivity index (χ1v) is 6.88. The summed E-state index contributed by atoms with van der Waals surface area (Å²) >= 11 is 0. The molecule has 1 saturated carbocycles. The molecule has 2 aliphatic rings. The van der Waals surface area contributed by atoms with Gasteiger partial charge in [0.2, 0.25) is 0 Å². The topological polar surface area (TPSA) is 74.6 Å². The van der Waals surface area contributed by atoms with Gasteiger partial charge in [-0.2, -0.15) is 0 Å². The van der Waals surface area contributed by atoms with Crippen LogP contribution in [0.5, 0.6) is 0 Å². The first-order valence-electron chi connectivity index (χ1n) is 5.06. The Balaban J connectivity index is 2.06. The van der Waals surface area contributed by atoms with Gasteiger partial charge in [-0.05, 0) is 31.1 Å². The summed E-state index contributed by atoms with van der Waals surface area (Å²) in [4.78, 5) is 0. The maximum absolute atomic E-state index is 11.2. The van der Waals surface area contributed by atoms with Crippen LogP contribution >= 0.6 is 0 Å². The van der Waals surface area contributed by atoms with Gasteiger partial charge < -0.3 is 10.2 Å². The lowest BCUT2D eigenvalue weighted by Crippen LogP contribution is -2.30. The number of aliphatic hydroxyl groups excluding tert-OH is 1. The molecule has 0 radical (unpaired) electrons. The molecular weight excluding hydrogens is 204 g/mol. The van der Waals surface area contributed by atoms with Crippen molar-refractivity contribution in [2.75, 3.05) is 11.5 Å². The summed E-state index contributed by atoms with van der Waals surface area (Å²) in [5, 5.41) is 18.4. The molecule has 2 atom stereocenters. The third-order valence-corrected chi connectivity index (χ3v) is 5.12. The van der Waals surface area contributed by atoms with Crippen molar-refractivity contribution >= 4 is 9.84 Å². The van der Waals surface area contributed by atoms with Crippen LogP contribution in [-0.2, 0) is 9.84 Å². The molecule has 0 spiro atoms. The van der Waals surface area contributed by atoms with Crippen LogP contribution < -0.4 is 0 Å². The van der Waals surface area contributed by atoms with Crippen LogP contribution in [0, 0.1) is 17.8 Å². The lowest BCUT2D eigenvalue weighted by molar-refractivity contribution is -0.104. The first kappa shape index (κ1) is 10.4. The van der Waals surface area contributed by atoms with E-state index in [1.54, 1.807) is 0 Å². The van der Waals surface area contributed by atoms with Gasteiger partial charge in [0.1, 0.15) is 0 Å². The van der Waals surface area contributed by atoms with Crippen LogP contribution in [0.25, 0.3) is 0 Å². The summed E-state index contributed by atoms with van der Waals surface area (Å²) in [6.07, 6.45) is 1.28. The Morgan fingerprint density at radius 2 is 1.71 bits per heavy atom. The van der Waals surface area contributed by atoms with E-state index in [0.717, 1.165) is 12.8 Å². The monoisotopic (exact) mass is 220 g/mol. The highest BCUT2D eigenvalue weighted by Crippen LogP contribution is 2.44. The molecule has 0 aromatic carbocycles. The van der Waals surface area contributed by atoms with Crippen molar-refractivity contribution < 1.29 is 18.6 Å². The highest BCUT2D eigenvalue weighted by Gasteiger charge is 2.44. The molecule has 1 saturated heterocycles. The number of aliphatic hydroxyl groups is 2. The highest BCUT2D eigenvalue weighted by molar-refractivity contribution is 7.91. The molecule has 1 aliphatic heterocycles. The minimum absolute atomic E-state index is 0.0347. The van der Waals surface area contributed by atoms with E-state index < -0.39 is 16.1 Å². The molecule has 14 heavy (non-hydrogen) atoms. The smallest absolute Gasteiger partial charge is 0.154 e. The Hall–Kier alpha value is -0.130. The average molecular weight is 220 g/mol. The number of rotatable bonds is 3. The van der Waals surface area contributed by atoms with Crippen molar-refractivity contribution in [1.82, 2.24) is 0 Å². The fourth-order valence-electron chi connectivity index (χ4n) is 2.48. The van der Waals surface area contributed by atoms with Gasteiger partial charge in [0, 0.05) is 5.92 Å². The van der Waals surface area contributed by atoms with Gasteiger partial charge in [-0.1, -0.05) is 0 Å². The number of hydrogen-bond acceptors (Lipinski definition) is 4. The molecule has 2 unspecified atom stereocenters. The maximum Gasteiger partial charge on any atom is 0.154 e. The Labute approximate surface area is 83.9 Å². The van der Waals surface area contributed by atoms with Crippen LogP contribution in [0.4, 0.5) is 0 Å². The van der Waals surface area contributed by atoms with Gasteiger partial charge in [-0.15, -0.1) is 0 Å². The van der Waals surface area contributed by atoms with Gasteiger partial charge in [0.15, 0.2) is 16.1 Å². The Morgan fingerprint density at radius 3 is 2.07 bits per heavy atom. The zero-order valence-corrected chi connectivity index (χ0v) is 8.78. The van der Waals surface area contributed by atoms with E-state index >= 15 is 0 Å². The zero-order chi connectivity index (χ0) is 10.3. The fourth-order valence-corrected chi connectivity index (χ4v) is 4.35.